The van der Waals surface area contributed by atoms with E-state index in [1.807, 2.05) is 36.4 Å². The standard InChI is InChI=1S/C44H47Br2N5O2/c1-7-50(8-2)27-29-11-15-31(16-12-29)37-39(45)41(33-19-23-35(52-5)24-20-33)47-43(37)49-44-38(32-17-13-30(14-18-32)28-51(9-3)10-4)40(46)42(48-44)34-21-25-36(53-6)26-22-34/h11-26,47H,7-10,27-28H2,1-6H3/b49-44-. The molecule has 0 radical (unpaired) electrons. The maximum Gasteiger partial charge on any atom is 0.164 e. The van der Waals surface area contributed by atoms with Gasteiger partial charge in [0.15, 0.2) is 5.84 Å². The van der Waals surface area contributed by atoms with Crippen molar-refractivity contribution in [3.63, 3.8) is 0 Å². The van der Waals surface area contributed by atoms with E-state index in [-0.39, 0.29) is 0 Å². The Morgan fingerprint density at radius 2 is 1.06 bits per heavy atom. The van der Waals surface area contributed by atoms with Crippen LogP contribution in [0.5, 0.6) is 11.5 Å². The molecule has 1 aliphatic rings. The van der Waals surface area contributed by atoms with Crippen molar-refractivity contribution in [3.8, 4) is 33.9 Å². The number of aliphatic imine (C=N–C) groups is 2. The van der Waals surface area contributed by atoms with Gasteiger partial charge in [0.05, 0.1) is 34.6 Å². The number of benzene rings is 4. The van der Waals surface area contributed by atoms with Crippen LogP contribution >= 0.6 is 31.9 Å². The molecule has 1 aromatic heterocycles. The molecule has 1 N–H and O–H groups in total. The fraction of sp³-hybridized carbons (Fsp3) is 0.273. The van der Waals surface area contributed by atoms with E-state index < -0.39 is 0 Å². The average molecular weight is 838 g/mol. The summed E-state index contributed by atoms with van der Waals surface area (Å²) in [7, 11) is 3.36. The second-order valence-electron chi connectivity index (χ2n) is 12.9. The van der Waals surface area contributed by atoms with E-state index >= 15 is 0 Å². The summed E-state index contributed by atoms with van der Waals surface area (Å²) in [5, 5.41) is 0. The normalized spacial score (nSPS) is 13.8. The topological polar surface area (TPSA) is 65.4 Å². The molecule has 4 aromatic carbocycles. The van der Waals surface area contributed by atoms with Crippen molar-refractivity contribution in [2.75, 3.05) is 40.4 Å². The molecule has 0 aliphatic carbocycles. The highest BCUT2D eigenvalue weighted by atomic mass is 79.9. The molecular weight excluding hydrogens is 790 g/mol. The minimum Gasteiger partial charge on any atom is -0.497 e. The molecular formula is C44H47Br2N5O2. The number of ether oxygens (including phenoxy) is 2. The van der Waals surface area contributed by atoms with Crippen LogP contribution in [0.15, 0.2) is 116 Å². The van der Waals surface area contributed by atoms with Gasteiger partial charge in [0.25, 0.3) is 0 Å². The molecule has 1 aliphatic heterocycles. The highest BCUT2D eigenvalue weighted by Crippen LogP contribution is 2.45. The summed E-state index contributed by atoms with van der Waals surface area (Å²) in [4.78, 5) is 19.1. The number of methoxy groups -OCH3 is 2. The molecule has 9 heteroatoms. The molecule has 7 nitrogen and oxygen atoms in total. The predicted molar refractivity (Wildman–Crippen MR) is 228 cm³/mol. The van der Waals surface area contributed by atoms with Crippen LogP contribution in [0.3, 0.4) is 0 Å². The predicted octanol–water partition coefficient (Wildman–Crippen LogP) is 11.2. The molecule has 53 heavy (non-hydrogen) atoms. The maximum absolute atomic E-state index is 5.46. The van der Waals surface area contributed by atoms with Gasteiger partial charge < -0.3 is 14.5 Å². The largest absolute Gasteiger partial charge is 0.497 e. The molecule has 0 atom stereocenters. The van der Waals surface area contributed by atoms with Crippen molar-refractivity contribution in [2.24, 2.45) is 9.98 Å². The first-order chi connectivity index (χ1) is 25.8. The molecule has 0 spiro atoms. The lowest BCUT2D eigenvalue weighted by Gasteiger charge is -2.18. The summed E-state index contributed by atoms with van der Waals surface area (Å²) in [6, 6.07) is 33.6. The Hall–Kier alpha value is -4.28. The van der Waals surface area contributed by atoms with Gasteiger partial charge in [0, 0.05) is 29.8 Å². The van der Waals surface area contributed by atoms with Gasteiger partial charge in [-0.25, -0.2) is 9.98 Å². The van der Waals surface area contributed by atoms with E-state index in [4.69, 9.17) is 19.5 Å². The molecule has 0 saturated carbocycles. The lowest BCUT2D eigenvalue weighted by molar-refractivity contribution is 0.296. The Balaban J connectivity index is 1.50. The van der Waals surface area contributed by atoms with Crippen LogP contribution in [-0.2, 0) is 13.1 Å². The number of rotatable bonds is 15. The van der Waals surface area contributed by atoms with Crippen molar-refractivity contribution in [1.29, 1.82) is 0 Å². The molecule has 0 fully saturated rings. The Bertz CT molecular complexity index is 2090. The molecule has 274 valence electrons. The maximum atomic E-state index is 5.46. The first-order valence-corrected chi connectivity index (χ1v) is 19.8. The second-order valence-corrected chi connectivity index (χ2v) is 14.5. The van der Waals surface area contributed by atoms with Gasteiger partial charge in [-0.2, -0.15) is 0 Å². The first-order valence-electron chi connectivity index (χ1n) is 18.2. The van der Waals surface area contributed by atoms with Crippen LogP contribution in [0.2, 0.25) is 0 Å². The number of aromatic nitrogens is 1. The van der Waals surface area contributed by atoms with E-state index in [0.717, 1.165) is 105 Å². The van der Waals surface area contributed by atoms with E-state index in [1.54, 1.807) is 14.2 Å². The Labute approximate surface area is 330 Å². The summed E-state index contributed by atoms with van der Waals surface area (Å²) >= 11 is 7.98. The number of hydrogen-bond donors (Lipinski definition) is 1. The van der Waals surface area contributed by atoms with E-state index in [9.17, 15) is 0 Å². The van der Waals surface area contributed by atoms with Gasteiger partial charge in [0.2, 0.25) is 0 Å². The lowest BCUT2D eigenvalue weighted by Crippen LogP contribution is -2.22. The summed E-state index contributed by atoms with van der Waals surface area (Å²) < 4.78 is 12.7. The number of nitrogens with one attached hydrogen (secondary N) is 1. The molecule has 0 amide bonds. The van der Waals surface area contributed by atoms with Gasteiger partial charge in [0.1, 0.15) is 17.3 Å². The van der Waals surface area contributed by atoms with Crippen molar-refractivity contribution in [2.45, 2.75) is 40.8 Å². The fourth-order valence-electron chi connectivity index (χ4n) is 6.54. The molecule has 0 unspecified atom stereocenters. The Kier molecular flexibility index (Phi) is 12.8. The van der Waals surface area contributed by atoms with Crippen LogP contribution in [-0.4, -0.2) is 66.7 Å². The summed E-state index contributed by atoms with van der Waals surface area (Å²) in [5.74, 6) is 2.92. The molecule has 6 rings (SSSR count). The quantitative estimate of drug-likeness (QED) is 0.114. The third-order valence-corrected chi connectivity index (χ3v) is 11.4. The minimum absolute atomic E-state index is 0.619. The van der Waals surface area contributed by atoms with Crippen LogP contribution in [0.1, 0.15) is 49.9 Å². The van der Waals surface area contributed by atoms with Crippen LogP contribution in [0.25, 0.3) is 28.0 Å². The van der Waals surface area contributed by atoms with Gasteiger partial charge in [-0.15, -0.1) is 0 Å². The van der Waals surface area contributed by atoms with Crippen molar-refractivity contribution in [1.82, 2.24) is 14.8 Å². The number of nitrogens with zero attached hydrogens (tertiary/aromatic N) is 4. The number of hydrogen-bond acceptors (Lipinski definition) is 5. The number of H-pyrrole nitrogens is 1. The highest BCUT2D eigenvalue weighted by molar-refractivity contribution is 9.12. The summed E-state index contributed by atoms with van der Waals surface area (Å²) in [6.07, 6.45) is 0. The molecule has 0 bridgehead atoms. The van der Waals surface area contributed by atoms with Gasteiger partial charge in [-0.1, -0.05) is 76.2 Å². The SMILES string of the molecule is CCN(CC)Cc1ccc(C2=C(Br)C(c3ccc(OC)cc3)=N/C2=N\c2[nH]c(-c3ccc(OC)cc3)c(Br)c2-c2ccc(CN(CC)CC)cc2)cc1. The van der Waals surface area contributed by atoms with E-state index in [2.05, 4.69) is 135 Å². The zero-order valence-corrected chi connectivity index (χ0v) is 34.5. The van der Waals surface area contributed by atoms with Gasteiger partial charge in [-0.3, -0.25) is 9.80 Å². The second kappa shape index (κ2) is 17.7. The van der Waals surface area contributed by atoms with Crippen molar-refractivity contribution < 1.29 is 9.47 Å². The number of halogens is 2. The Morgan fingerprint density at radius 3 is 1.53 bits per heavy atom. The fourth-order valence-corrected chi connectivity index (χ4v) is 8.01. The van der Waals surface area contributed by atoms with Crippen LogP contribution < -0.4 is 9.47 Å². The van der Waals surface area contributed by atoms with Gasteiger partial charge >= 0.3 is 0 Å². The minimum atomic E-state index is 0.619. The highest BCUT2D eigenvalue weighted by Gasteiger charge is 2.28. The number of amidine groups is 1. The summed E-state index contributed by atoms with van der Waals surface area (Å²) in [6.45, 7) is 14.7. The molecule has 2 heterocycles. The lowest BCUT2D eigenvalue weighted by atomic mass is 10.0. The Morgan fingerprint density at radius 1 is 0.604 bits per heavy atom. The zero-order valence-electron chi connectivity index (χ0n) is 31.3. The monoisotopic (exact) mass is 835 g/mol. The average Bonchev–Trinajstić information content (AvgIpc) is 3.71. The first kappa shape index (κ1) is 38.4. The van der Waals surface area contributed by atoms with Crippen LogP contribution in [0.4, 0.5) is 5.82 Å². The number of allylic oxidation sites excluding steroid dienone is 1. The van der Waals surface area contributed by atoms with Crippen molar-refractivity contribution in [3.05, 3.63) is 128 Å². The number of aromatic amines is 1. The van der Waals surface area contributed by atoms with Gasteiger partial charge in [-0.05, 0) is 134 Å². The zero-order chi connectivity index (χ0) is 37.5. The molecule has 0 saturated heterocycles. The van der Waals surface area contributed by atoms with Crippen LogP contribution in [0, 0.1) is 0 Å². The van der Waals surface area contributed by atoms with E-state index in [1.165, 1.54) is 11.1 Å². The summed E-state index contributed by atoms with van der Waals surface area (Å²) in [5.41, 5.74) is 10.3. The smallest absolute Gasteiger partial charge is 0.164 e. The van der Waals surface area contributed by atoms with Crippen molar-refractivity contribution >= 4 is 54.8 Å². The van der Waals surface area contributed by atoms with E-state index in [0.29, 0.717) is 11.7 Å². The third-order valence-electron chi connectivity index (χ3n) is 9.83. The third kappa shape index (κ3) is 8.60. The molecule has 5 aromatic rings.